The van der Waals surface area contributed by atoms with Gasteiger partial charge in [0, 0.05) is 43.1 Å². The number of carbonyl (C=O) groups is 1. The lowest BCUT2D eigenvalue weighted by Gasteiger charge is -2.37. The summed E-state index contributed by atoms with van der Waals surface area (Å²) in [5.41, 5.74) is 0. The lowest BCUT2D eigenvalue weighted by Crippen LogP contribution is -2.49. The van der Waals surface area contributed by atoms with E-state index in [9.17, 15) is 13.2 Å². The molecule has 2 aliphatic rings. The average Bonchev–Trinajstić information content (AvgIpc) is 2.95. The Kier molecular flexibility index (Phi) is 5.39. The van der Waals surface area contributed by atoms with Gasteiger partial charge in [0.05, 0.1) is 19.0 Å². The molecule has 1 aromatic heterocycles. The predicted octanol–water partition coefficient (Wildman–Crippen LogP) is 1.27. The largest absolute Gasteiger partial charge is 0.375 e. The van der Waals surface area contributed by atoms with Crippen LogP contribution in [0.15, 0.2) is 23.6 Å². The van der Waals surface area contributed by atoms with E-state index in [1.165, 1.54) is 10.6 Å². The van der Waals surface area contributed by atoms with Crippen molar-refractivity contribution in [3.05, 3.63) is 28.5 Å². The number of ether oxygens (including phenoxy) is 1. The highest BCUT2D eigenvalue weighted by atomic mass is 32.2. The Morgan fingerprint density at radius 3 is 2.92 bits per heavy atom. The van der Waals surface area contributed by atoms with Crippen LogP contribution in [-0.2, 0) is 19.6 Å². The lowest BCUT2D eigenvalue weighted by molar-refractivity contribution is -0.131. The summed E-state index contributed by atoms with van der Waals surface area (Å²) >= 11 is 1.59. The molecule has 0 spiro atoms. The molecule has 0 saturated carbocycles. The van der Waals surface area contributed by atoms with E-state index >= 15 is 0 Å². The summed E-state index contributed by atoms with van der Waals surface area (Å²) in [5.74, 6) is 0.127. The third-order valence-corrected chi connectivity index (χ3v) is 6.63. The van der Waals surface area contributed by atoms with Crippen LogP contribution >= 0.6 is 11.3 Å². The van der Waals surface area contributed by atoms with Gasteiger partial charge in [-0.25, -0.2) is 8.42 Å². The highest BCUT2D eigenvalue weighted by molar-refractivity contribution is 7.88. The van der Waals surface area contributed by atoms with E-state index in [2.05, 4.69) is 0 Å². The Morgan fingerprint density at radius 2 is 2.21 bits per heavy atom. The molecule has 1 amide bonds. The van der Waals surface area contributed by atoms with Gasteiger partial charge >= 0.3 is 0 Å². The zero-order valence-electron chi connectivity index (χ0n) is 13.6. The maximum absolute atomic E-state index is 12.4. The van der Waals surface area contributed by atoms with Crippen LogP contribution in [0, 0.1) is 5.92 Å². The molecule has 24 heavy (non-hydrogen) atoms. The molecule has 0 aromatic carbocycles. The number of rotatable bonds is 3. The minimum absolute atomic E-state index is 0.0188. The molecule has 2 saturated heterocycles. The van der Waals surface area contributed by atoms with E-state index in [0.29, 0.717) is 32.8 Å². The van der Waals surface area contributed by atoms with Gasteiger partial charge in [-0.3, -0.25) is 4.79 Å². The number of sulfonamides is 1. The maximum atomic E-state index is 12.4. The summed E-state index contributed by atoms with van der Waals surface area (Å²) in [4.78, 5) is 15.2. The van der Waals surface area contributed by atoms with Crippen molar-refractivity contribution in [1.29, 1.82) is 0 Å². The molecule has 3 rings (SSSR count). The van der Waals surface area contributed by atoms with Crippen molar-refractivity contribution in [2.24, 2.45) is 5.92 Å². The monoisotopic (exact) mass is 370 g/mol. The molecular formula is C16H22N2O4S2. The summed E-state index contributed by atoms with van der Waals surface area (Å²) in [6.07, 6.45) is 5.34. The molecule has 0 unspecified atom stereocenters. The van der Waals surface area contributed by atoms with Gasteiger partial charge in [-0.15, -0.1) is 11.3 Å². The highest BCUT2D eigenvalue weighted by Gasteiger charge is 2.36. The minimum Gasteiger partial charge on any atom is -0.375 e. The number of hydrogen-bond acceptors (Lipinski definition) is 5. The quantitative estimate of drug-likeness (QED) is 0.752. The molecule has 2 aliphatic heterocycles. The van der Waals surface area contributed by atoms with Crippen molar-refractivity contribution in [2.75, 3.05) is 39.0 Å². The van der Waals surface area contributed by atoms with Crippen LogP contribution in [0.1, 0.15) is 11.3 Å². The minimum atomic E-state index is -3.20. The molecule has 0 bridgehead atoms. The van der Waals surface area contributed by atoms with Crippen LogP contribution in [0.5, 0.6) is 0 Å². The van der Waals surface area contributed by atoms with Crippen LogP contribution in [0.25, 0.3) is 6.08 Å². The van der Waals surface area contributed by atoms with Crippen LogP contribution < -0.4 is 0 Å². The fraction of sp³-hybridized carbons (Fsp3) is 0.562. The SMILES string of the molecule is CS(=O)(=O)N1CCO[C@@H]2CN(C(=O)/C=C/c3cccs3)CC[C@@H]2C1. The molecule has 6 nitrogen and oxygen atoms in total. The Labute approximate surface area is 146 Å². The van der Waals surface area contributed by atoms with Crippen LogP contribution in [-0.4, -0.2) is 68.7 Å². The molecule has 0 radical (unpaired) electrons. The molecule has 8 heteroatoms. The van der Waals surface area contributed by atoms with Crippen molar-refractivity contribution in [3.8, 4) is 0 Å². The standard InChI is InChI=1S/C16H22N2O4S2/c1-24(20,21)18-8-9-22-15-12-17(7-6-13(15)11-18)16(19)5-4-14-3-2-10-23-14/h2-5,10,13,15H,6-9,11-12H2,1H3/b5-4+/t13-,15-/m1/s1. The second-order valence-corrected chi connectivity index (χ2v) is 9.17. The van der Waals surface area contributed by atoms with Gasteiger partial charge in [-0.2, -0.15) is 4.31 Å². The predicted molar refractivity (Wildman–Crippen MR) is 94.2 cm³/mol. The average molecular weight is 370 g/mol. The Morgan fingerprint density at radius 1 is 1.38 bits per heavy atom. The number of hydrogen-bond donors (Lipinski definition) is 0. The number of piperidine rings is 1. The molecular weight excluding hydrogens is 348 g/mol. The van der Waals surface area contributed by atoms with Gasteiger partial charge in [0.25, 0.3) is 0 Å². The Bertz CT molecular complexity index is 700. The van der Waals surface area contributed by atoms with E-state index in [-0.39, 0.29) is 17.9 Å². The Hall–Kier alpha value is -1.22. The smallest absolute Gasteiger partial charge is 0.246 e. The summed E-state index contributed by atoms with van der Waals surface area (Å²) < 4.78 is 30.9. The van der Waals surface area contributed by atoms with E-state index < -0.39 is 10.0 Å². The summed E-state index contributed by atoms with van der Waals surface area (Å²) in [6, 6.07) is 3.92. The first-order valence-corrected chi connectivity index (χ1v) is 10.7. The molecule has 0 N–H and O–H groups in total. The second-order valence-electron chi connectivity index (χ2n) is 6.21. The van der Waals surface area contributed by atoms with Crippen molar-refractivity contribution in [1.82, 2.24) is 9.21 Å². The molecule has 3 heterocycles. The van der Waals surface area contributed by atoms with Gasteiger partial charge < -0.3 is 9.64 Å². The second kappa shape index (κ2) is 7.35. The molecule has 2 fully saturated rings. The summed E-state index contributed by atoms with van der Waals surface area (Å²) in [6.45, 7) is 2.40. The Balaban J connectivity index is 1.61. The topological polar surface area (TPSA) is 66.9 Å². The van der Waals surface area contributed by atoms with Crippen LogP contribution in [0.2, 0.25) is 0 Å². The maximum Gasteiger partial charge on any atom is 0.246 e. The third-order valence-electron chi connectivity index (χ3n) is 4.52. The van der Waals surface area contributed by atoms with Crippen LogP contribution in [0.3, 0.4) is 0 Å². The van der Waals surface area contributed by atoms with Crippen molar-refractivity contribution in [2.45, 2.75) is 12.5 Å². The molecule has 0 aliphatic carbocycles. The number of thiophene rings is 1. The highest BCUT2D eigenvalue weighted by Crippen LogP contribution is 2.25. The van der Waals surface area contributed by atoms with Crippen molar-refractivity contribution in [3.63, 3.8) is 0 Å². The lowest BCUT2D eigenvalue weighted by atomic mass is 9.93. The number of amides is 1. The van der Waals surface area contributed by atoms with Crippen molar-refractivity contribution >= 4 is 33.3 Å². The number of likely N-dealkylation sites (tertiary alicyclic amines) is 1. The zero-order valence-corrected chi connectivity index (χ0v) is 15.3. The van der Waals surface area contributed by atoms with E-state index in [0.717, 1.165) is 11.3 Å². The summed E-state index contributed by atoms with van der Waals surface area (Å²) in [7, 11) is -3.20. The fourth-order valence-electron chi connectivity index (χ4n) is 3.17. The summed E-state index contributed by atoms with van der Waals surface area (Å²) in [5, 5.41) is 1.97. The van der Waals surface area contributed by atoms with Gasteiger partial charge in [-0.1, -0.05) is 6.07 Å². The first-order chi connectivity index (χ1) is 11.4. The molecule has 132 valence electrons. The van der Waals surface area contributed by atoms with Crippen LogP contribution in [0.4, 0.5) is 0 Å². The molecule has 1 aromatic rings. The van der Waals surface area contributed by atoms with Gasteiger partial charge in [0.15, 0.2) is 0 Å². The van der Waals surface area contributed by atoms with E-state index in [1.54, 1.807) is 22.3 Å². The van der Waals surface area contributed by atoms with Gasteiger partial charge in [0.1, 0.15) is 0 Å². The first kappa shape index (κ1) is 17.6. The third kappa shape index (κ3) is 4.24. The normalized spacial score (nSPS) is 26.3. The first-order valence-electron chi connectivity index (χ1n) is 8.01. The number of nitrogens with zero attached hydrogens (tertiary/aromatic N) is 2. The fourth-order valence-corrected chi connectivity index (χ4v) is 4.65. The van der Waals surface area contributed by atoms with Gasteiger partial charge in [-0.05, 0) is 23.9 Å². The number of carbonyl (C=O) groups excluding carboxylic acids is 1. The zero-order chi connectivity index (χ0) is 17.2. The van der Waals surface area contributed by atoms with Gasteiger partial charge in [0.2, 0.25) is 15.9 Å². The number of fused-ring (bicyclic) bond motifs is 1. The molecule has 2 atom stereocenters. The van der Waals surface area contributed by atoms with E-state index in [1.807, 2.05) is 23.6 Å². The van der Waals surface area contributed by atoms with Crippen molar-refractivity contribution < 1.29 is 17.9 Å². The van der Waals surface area contributed by atoms with E-state index in [4.69, 9.17) is 4.74 Å².